The lowest BCUT2D eigenvalue weighted by Crippen LogP contribution is -2.52. The summed E-state index contributed by atoms with van der Waals surface area (Å²) in [5, 5.41) is 13.0. The van der Waals surface area contributed by atoms with Crippen LogP contribution in [0, 0.1) is 0 Å². The maximum Gasteiger partial charge on any atom is 0.416 e. The second-order valence-corrected chi connectivity index (χ2v) is 9.99. The fraction of sp³-hybridized carbons (Fsp3) is 0.571. The predicted molar refractivity (Wildman–Crippen MR) is 113 cm³/mol. The van der Waals surface area contributed by atoms with Crippen LogP contribution < -0.4 is 0 Å². The number of carbonyl (C=O) groups is 1. The average molecular weight is 487 g/mol. The van der Waals surface area contributed by atoms with Gasteiger partial charge in [-0.05, 0) is 24.1 Å². The highest BCUT2D eigenvalue weighted by Crippen LogP contribution is 2.37. The summed E-state index contributed by atoms with van der Waals surface area (Å²) < 4.78 is 56.0. The molecular weight excluding hydrogens is 461 g/mol. The van der Waals surface area contributed by atoms with Crippen LogP contribution in [-0.4, -0.2) is 79.6 Å². The van der Waals surface area contributed by atoms with E-state index >= 15 is 0 Å². The summed E-state index contributed by atoms with van der Waals surface area (Å²) in [5.74, 6) is 1.04. The quantitative estimate of drug-likeness (QED) is 0.713. The number of nitrogens with zero attached hydrogens (tertiary/aromatic N) is 4. The predicted octanol–water partition coefficient (Wildman–Crippen LogP) is 2.38. The summed E-state index contributed by atoms with van der Waals surface area (Å²) >= 11 is 0. The van der Waals surface area contributed by atoms with E-state index in [-0.39, 0.29) is 30.9 Å². The lowest BCUT2D eigenvalue weighted by Gasteiger charge is -2.40. The van der Waals surface area contributed by atoms with Crippen molar-refractivity contribution in [1.29, 1.82) is 0 Å². The van der Waals surface area contributed by atoms with Crippen LogP contribution in [0.5, 0.6) is 0 Å². The van der Waals surface area contributed by atoms with Gasteiger partial charge in [0.1, 0.15) is 0 Å². The van der Waals surface area contributed by atoms with Crippen LogP contribution in [0.15, 0.2) is 28.8 Å². The van der Waals surface area contributed by atoms with E-state index in [1.807, 2.05) is 0 Å². The monoisotopic (exact) mass is 486 g/mol. The number of carbonyl (C=O) groups excluding carboxylic acids is 1. The fourth-order valence-electron chi connectivity index (χ4n) is 4.28. The minimum absolute atomic E-state index is 0.126. The molecule has 0 saturated carbocycles. The number of urea groups is 1. The van der Waals surface area contributed by atoms with Gasteiger partial charge in [-0.3, -0.25) is 4.21 Å². The molecule has 180 valence electrons. The number of aliphatic hydroxyl groups is 1. The molecule has 33 heavy (non-hydrogen) atoms. The first-order chi connectivity index (χ1) is 15.7. The number of piperidine rings is 1. The molecule has 2 saturated heterocycles. The highest BCUT2D eigenvalue weighted by atomic mass is 32.2. The van der Waals surface area contributed by atoms with E-state index in [4.69, 9.17) is 9.63 Å². The Labute approximate surface area is 191 Å². The molecule has 12 heteroatoms. The van der Waals surface area contributed by atoms with Gasteiger partial charge in [0.25, 0.3) is 0 Å². The number of likely N-dealkylation sites (tertiary alicyclic amines) is 1. The maximum absolute atomic E-state index is 13.2. The Morgan fingerprint density at radius 2 is 1.79 bits per heavy atom. The smallest absolute Gasteiger partial charge is 0.396 e. The molecule has 2 aromatic rings. The van der Waals surface area contributed by atoms with E-state index in [0.717, 1.165) is 12.1 Å². The Morgan fingerprint density at radius 1 is 1.12 bits per heavy atom. The molecule has 0 spiro atoms. The van der Waals surface area contributed by atoms with Gasteiger partial charge in [0.15, 0.2) is 5.82 Å². The number of halogens is 3. The van der Waals surface area contributed by atoms with Gasteiger partial charge >= 0.3 is 12.2 Å². The molecular formula is C21H25F3N4O4S. The molecule has 0 radical (unpaired) electrons. The second kappa shape index (κ2) is 9.80. The Morgan fingerprint density at radius 3 is 2.42 bits per heavy atom. The molecule has 1 N–H and O–H groups in total. The van der Waals surface area contributed by atoms with E-state index in [2.05, 4.69) is 10.1 Å². The number of aliphatic hydroxyl groups excluding tert-OH is 1. The van der Waals surface area contributed by atoms with Crippen molar-refractivity contribution in [2.45, 2.75) is 30.9 Å². The van der Waals surface area contributed by atoms with E-state index < -0.39 is 22.5 Å². The third-order valence-electron chi connectivity index (χ3n) is 6.05. The third kappa shape index (κ3) is 5.55. The molecule has 2 fully saturated rings. The zero-order valence-electron chi connectivity index (χ0n) is 17.8. The molecule has 8 nitrogen and oxygen atoms in total. The lowest BCUT2D eigenvalue weighted by atomic mass is 9.84. The normalized spacial score (nSPS) is 22.5. The fourth-order valence-corrected chi connectivity index (χ4v) is 5.34. The van der Waals surface area contributed by atoms with Gasteiger partial charge in [0.2, 0.25) is 5.89 Å². The summed E-state index contributed by atoms with van der Waals surface area (Å²) in [6.45, 7) is 1.35. The van der Waals surface area contributed by atoms with Crippen molar-refractivity contribution in [2.75, 3.05) is 44.3 Å². The van der Waals surface area contributed by atoms with Gasteiger partial charge in [0.05, 0.1) is 18.1 Å². The third-order valence-corrected chi connectivity index (χ3v) is 7.32. The standard InChI is InChI=1S/C21H25F3N4O4S/c22-21(23,24)17-3-1-14(2-4-17)15-11-16(19-25-18(5-8-29)26-32-19)13-28(12-15)20(30)27-6-9-33(31)10-7-27/h1-4,15-16,29H,5-13H2. The molecule has 0 aliphatic carbocycles. The molecule has 1 aromatic carbocycles. The van der Waals surface area contributed by atoms with Gasteiger partial charge in [-0.15, -0.1) is 0 Å². The second-order valence-electron chi connectivity index (χ2n) is 8.29. The van der Waals surface area contributed by atoms with Crippen molar-refractivity contribution in [2.24, 2.45) is 0 Å². The van der Waals surface area contributed by atoms with Crippen molar-refractivity contribution in [1.82, 2.24) is 19.9 Å². The number of benzene rings is 1. The highest BCUT2D eigenvalue weighted by Gasteiger charge is 2.37. The Hall–Kier alpha value is -2.47. The summed E-state index contributed by atoms with van der Waals surface area (Å²) in [5.41, 5.74) is -0.0289. The molecule has 2 unspecified atom stereocenters. The topological polar surface area (TPSA) is 99.8 Å². The van der Waals surface area contributed by atoms with E-state index in [0.29, 0.717) is 61.4 Å². The van der Waals surface area contributed by atoms with Crippen molar-refractivity contribution in [3.63, 3.8) is 0 Å². The molecule has 2 atom stereocenters. The molecule has 1 aromatic heterocycles. The Balaban J connectivity index is 1.57. The number of amides is 2. The minimum Gasteiger partial charge on any atom is -0.396 e. The summed E-state index contributed by atoms with van der Waals surface area (Å²) in [6, 6.07) is 4.82. The van der Waals surface area contributed by atoms with Crippen molar-refractivity contribution >= 4 is 16.8 Å². The minimum atomic E-state index is -4.42. The van der Waals surface area contributed by atoms with Crippen LogP contribution in [-0.2, 0) is 23.4 Å². The van der Waals surface area contributed by atoms with E-state index in [9.17, 15) is 22.2 Å². The van der Waals surface area contributed by atoms with Crippen LogP contribution in [0.3, 0.4) is 0 Å². The van der Waals surface area contributed by atoms with E-state index in [1.54, 1.807) is 9.80 Å². The van der Waals surface area contributed by atoms with Gasteiger partial charge in [-0.1, -0.05) is 17.3 Å². The van der Waals surface area contributed by atoms with Crippen LogP contribution >= 0.6 is 0 Å². The summed E-state index contributed by atoms with van der Waals surface area (Å²) in [7, 11) is -0.923. The zero-order chi connectivity index (χ0) is 23.6. The van der Waals surface area contributed by atoms with E-state index in [1.165, 1.54) is 12.1 Å². The zero-order valence-corrected chi connectivity index (χ0v) is 18.6. The SMILES string of the molecule is O=C(N1CCS(=O)CC1)N1CC(c2ccc(C(F)(F)F)cc2)CC(c2nc(CCO)no2)C1. The number of hydrogen-bond acceptors (Lipinski definition) is 6. The molecule has 2 aliphatic rings. The van der Waals surface area contributed by atoms with Crippen molar-refractivity contribution < 1.29 is 31.8 Å². The summed E-state index contributed by atoms with van der Waals surface area (Å²) in [4.78, 5) is 20.9. The molecule has 2 amide bonds. The van der Waals surface area contributed by atoms with Crippen molar-refractivity contribution in [3.8, 4) is 0 Å². The molecule has 0 bridgehead atoms. The first-order valence-electron chi connectivity index (χ1n) is 10.7. The van der Waals surface area contributed by atoms with Crippen LogP contribution in [0.1, 0.15) is 41.1 Å². The van der Waals surface area contributed by atoms with Gasteiger partial charge < -0.3 is 19.4 Å². The first kappa shape index (κ1) is 23.7. The Kier molecular flexibility index (Phi) is 7.03. The van der Waals surface area contributed by atoms with Crippen LogP contribution in [0.25, 0.3) is 0 Å². The van der Waals surface area contributed by atoms with Crippen LogP contribution in [0.2, 0.25) is 0 Å². The maximum atomic E-state index is 13.2. The Bertz CT molecular complexity index is 988. The average Bonchev–Trinajstić information content (AvgIpc) is 3.27. The van der Waals surface area contributed by atoms with Gasteiger partial charge in [-0.2, -0.15) is 18.2 Å². The van der Waals surface area contributed by atoms with Crippen LogP contribution in [0.4, 0.5) is 18.0 Å². The molecule has 2 aliphatic heterocycles. The number of aromatic nitrogens is 2. The van der Waals surface area contributed by atoms with Crippen molar-refractivity contribution in [3.05, 3.63) is 47.1 Å². The lowest BCUT2D eigenvalue weighted by molar-refractivity contribution is -0.137. The number of alkyl halides is 3. The van der Waals surface area contributed by atoms with Gasteiger partial charge in [0, 0.05) is 60.8 Å². The highest BCUT2D eigenvalue weighted by molar-refractivity contribution is 7.85. The number of hydrogen-bond donors (Lipinski definition) is 1. The molecule has 4 rings (SSSR count). The van der Waals surface area contributed by atoms with Gasteiger partial charge in [-0.25, -0.2) is 4.79 Å². The largest absolute Gasteiger partial charge is 0.416 e. The first-order valence-corrected chi connectivity index (χ1v) is 12.2. The molecule has 3 heterocycles. The number of rotatable bonds is 4. The summed E-state index contributed by atoms with van der Waals surface area (Å²) in [6.07, 6.45) is -3.65.